The number of hydrogen-bond donors (Lipinski definition) is 0. The number of ether oxygens (including phenoxy) is 1. The monoisotopic (exact) mass is 348 g/mol. The molecule has 0 amide bonds. The Morgan fingerprint density at radius 2 is 1.88 bits per heavy atom. The fraction of sp³-hybridized carbons (Fsp3) is 0.400. The summed E-state index contributed by atoms with van der Waals surface area (Å²) in [6, 6.07) is 10.4. The van der Waals surface area contributed by atoms with E-state index in [0.717, 1.165) is 37.3 Å². The summed E-state index contributed by atoms with van der Waals surface area (Å²) in [6.07, 6.45) is 4.67. The van der Waals surface area contributed by atoms with Gasteiger partial charge in [0.25, 0.3) is 0 Å². The Labute approximate surface area is 145 Å². The van der Waals surface area contributed by atoms with Crippen LogP contribution in [0.5, 0.6) is 5.75 Å². The van der Waals surface area contributed by atoms with Crippen LogP contribution >= 0.6 is 11.6 Å². The number of rotatable bonds is 2. The summed E-state index contributed by atoms with van der Waals surface area (Å²) in [4.78, 5) is 0. The van der Waals surface area contributed by atoms with Crippen LogP contribution in [0.2, 0.25) is 5.02 Å². The van der Waals surface area contributed by atoms with Crippen LogP contribution in [0.4, 0.5) is 8.78 Å². The van der Waals surface area contributed by atoms with Gasteiger partial charge in [-0.15, -0.1) is 0 Å². The van der Waals surface area contributed by atoms with Gasteiger partial charge in [0.05, 0.1) is 6.61 Å². The molecule has 1 saturated carbocycles. The first-order chi connectivity index (χ1) is 11.6. The Morgan fingerprint density at radius 1 is 1.08 bits per heavy atom. The van der Waals surface area contributed by atoms with Crippen LogP contribution in [0.15, 0.2) is 36.4 Å². The van der Waals surface area contributed by atoms with Gasteiger partial charge >= 0.3 is 0 Å². The van der Waals surface area contributed by atoms with Crippen molar-refractivity contribution in [3.63, 3.8) is 0 Å². The van der Waals surface area contributed by atoms with E-state index < -0.39 is 17.0 Å². The van der Waals surface area contributed by atoms with Gasteiger partial charge in [0.15, 0.2) is 11.6 Å². The molecule has 1 nitrogen and oxygen atoms in total. The molecule has 2 aromatic rings. The lowest BCUT2D eigenvalue weighted by Crippen LogP contribution is -2.47. The van der Waals surface area contributed by atoms with E-state index in [4.69, 9.17) is 16.3 Å². The largest absolute Gasteiger partial charge is 0.493 e. The Balaban J connectivity index is 1.85. The molecule has 4 heteroatoms. The molecule has 2 atom stereocenters. The summed E-state index contributed by atoms with van der Waals surface area (Å²) in [6.45, 7) is 0.575. The maximum absolute atomic E-state index is 14.8. The Kier molecular flexibility index (Phi) is 4.00. The molecule has 4 rings (SSSR count). The highest BCUT2D eigenvalue weighted by Crippen LogP contribution is 2.53. The fourth-order valence-corrected chi connectivity index (χ4v) is 4.60. The van der Waals surface area contributed by atoms with Crippen LogP contribution < -0.4 is 4.74 Å². The van der Waals surface area contributed by atoms with E-state index in [-0.39, 0.29) is 5.92 Å². The van der Waals surface area contributed by atoms with Crippen molar-refractivity contribution in [2.75, 3.05) is 6.61 Å². The van der Waals surface area contributed by atoms with Gasteiger partial charge in [0.1, 0.15) is 5.75 Å². The van der Waals surface area contributed by atoms with Crippen molar-refractivity contribution < 1.29 is 13.5 Å². The number of benzene rings is 2. The van der Waals surface area contributed by atoms with Crippen LogP contribution in [0.1, 0.15) is 36.8 Å². The highest BCUT2D eigenvalue weighted by atomic mass is 35.5. The molecule has 1 fully saturated rings. The number of fused-ring (bicyclic) bond motifs is 3. The van der Waals surface area contributed by atoms with E-state index in [2.05, 4.69) is 0 Å². The lowest BCUT2D eigenvalue weighted by molar-refractivity contribution is 0.0812. The van der Waals surface area contributed by atoms with E-state index in [1.165, 1.54) is 0 Å². The highest BCUT2D eigenvalue weighted by Gasteiger charge is 2.48. The van der Waals surface area contributed by atoms with E-state index >= 15 is 0 Å². The average molecular weight is 349 g/mol. The van der Waals surface area contributed by atoms with Crippen molar-refractivity contribution in [1.82, 2.24) is 0 Å². The molecule has 0 radical (unpaired) electrons. The predicted octanol–water partition coefficient (Wildman–Crippen LogP) is 5.68. The Bertz CT molecular complexity index is 759. The molecule has 2 aliphatic rings. The van der Waals surface area contributed by atoms with Crippen LogP contribution in [-0.4, -0.2) is 6.61 Å². The number of hydrogen-bond acceptors (Lipinski definition) is 1. The molecular weight excluding hydrogens is 330 g/mol. The topological polar surface area (TPSA) is 9.23 Å². The summed E-state index contributed by atoms with van der Waals surface area (Å²) in [5.74, 6) is -0.821. The zero-order valence-electron chi connectivity index (χ0n) is 13.3. The zero-order chi connectivity index (χ0) is 16.7. The molecule has 0 spiro atoms. The van der Waals surface area contributed by atoms with Gasteiger partial charge in [0, 0.05) is 21.9 Å². The minimum absolute atomic E-state index is 0.214. The minimum Gasteiger partial charge on any atom is -0.493 e. The lowest BCUT2D eigenvalue weighted by atomic mass is 9.59. The van der Waals surface area contributed by atoms with Gasteiger partial charge in [-0.1, -0.05) is 36.6 Å². The molecule has 0 saturated heterocycles. The lowest BCUT2D eigenvalue weighted by Gasteiger charge is -2.48. The van der Waals surface area contributed by atoms with Crippen molar-refractivity contribution >= 4 is 11.6 Å². The molecule has 24 heavy (non-hydrogen) atoms. The molecule has 1 aliphatic heterocycles. The van der Waals surface area contributed by atoms with Crippen molar-refractivity contribution in [2.24, 2.45) is 5.92 Å². The highest BCUT2D eigenvalue weighted by molar-refractivity contribution is 6.30. The molecule has 126 valence electrons. The normalized spacial score (nSPS) is 25.5. The van der Waals surface area contributed by atoms with Gasteiger partial charge in [-0.05, 0) is 49.1 Å². The summed E-state index contributed by atoms with van der Waals surface area (Å²) >= 11 is 5.99. The first-order valence-electron chi connectivity index (χ1n) is 8.46. The first-order valence-corrected chi connectivity index (χ1v) is 8.84. The van der Waals surface area contributed by atoms with Crippen LogP contribution in [0.25, 0.3) is 0 Å². The molecule has 0 bridgehead atoms. The fourth-order valence-electron chi connectivity index (χ4n) is 4.48. The molecule has 1 heterocycles. The Morgan fingerprint density at radius 3 is 2.67 bits per heavy atom. The van der Waals surface area contributed by atoms with E-state index in [0.29, 0.717) is 29.4 Å². The number of halogens is 3. The summed E-state index contributed by atoms with van der Waals surface area (Å²) in [7, 11) is 0. The van der Waals surface area contributed by atoms with Crippen molar-refractivity contribution in [3.05, 3.63) is 64.2 Å². The molecule has 0 N–H and O–H groups in total. The molecule has 2 aromatic carbocycles. The van der Waals surface area contributed by atoms with Crippen molar-refractivity contribution in [2.45, 2.75) is 37.5 Å². The van der Waals surface area contributed by atoms with Crippen molar-refractivity contribution in [1.29, 1.82) is 0 Å². The van der Waals surface area contributed by atoms with E-state index in [9.17, 15) is 8.78 Å². The second-order valence-corrected chi connectivity index (χ2v) is 7.38. The maximum atomic E-state index is 14.8. The smallest absolute Gasteiger partial charge is 0.166 e. The quantitative estimate of drug-likeness (QED) is 0.678. The van der Waals surface area contributed by atoms with Crippen LogP contribution in [-0.2, 0) is 11.8 Å². The average Bonchev–Trinajstić information content (AvgIpc) is 2.59. The van der Waals surface area contributed by atoms with E-state index in [1.54, 1.807) is 6.07 Å². The Hall–Kier alpha value is -1.61. The second-order valence-electron chi connectivity index (χ2n) is 6.95. The summed E-state index contributed by atoms with van der Waals surface area (Å²) in [5, 5.41) is 0.682. The minimum atomic E-state index is -0.793. The van der Waals surface area contributed by atoms with Crippen LogP contribution in [0, 0.1) is 17.6 Å². The molecule has 1 aliphatic carbocycles. The standard InChI is InChI=1S/C20H19ClF2O/c21-15-6-4-13(5-7-15)11-20-10-2-1-3-14(20)12-24-17-9-8-16(22)19(23)18(17)20/h4-9,14H,1-3,10-12H2/t14-,20+/m1/s1. The third-order valence-electron chi connectivity index (χ3n) is 5.63. The summed E-state index contributed by atoms with van der Waals surface area (Å²) in [5.41, 5.74) is 1.14. The van der Waals surface area contributed by atoms with Gasteiger partial charge < -0.3 is 4.74 Å². The first kappa shape index (κ1) is 15.9. The zero-order valence-corrected chi connectivity index (χ0v) is 14.1. The van der Waals surface area contributed by atoms with Crippen LogP contribution in [0.3, 0.4) is 0 Å². The SMILES string of the molecule is Fc1ccc2c(c1F)[C@]1(Cc3ccc(Cl)cc3)CCCC[C@@H]1CO2. The van der Waals surface area contributed by atoms with Gasteiger partial charge in [-0.3, -0.25) is 0 Å². The third-order valence-corrected chi connectivity index (χ3v) is 5.89. The molecule has 0 unspecified atom stereocenters. The van der Waals surface area contributed by atoms with Gasteiger partial charge in [-0.2, -0.15) is 0 Å². The van der Waals surface area contributed by atoms with Gasteiger partial charge in [-0.25, -0.2) is 8.78 Å². The third kappa shape index (κ3) is 2.50. The predicted molar refractivity (Wildman–Crippen MR) is 90.6 cm³/mol. The van der Waals surface area contributed by atoms with Crippen molar-refractivity contribution in [3.8, 4) is 5.75 Å². The van der Waals surface area contributed by atoms with Gasteiger partial charge in [0.2, 0.25) is 0 Å². The maximum Gasteiger partial charge on any atom is 0.166 e. The summed E-state index contributed by atoms with van der Waals surface area (Å²) < 4.78 is 34.6. The van der Waals surface area contributed by atoms with E-state index in [1.807, 2.05) is 24.3 Å². The second kappa shape index (κ2) is 6.03. The molecular formula is C20H19ClF2O. The molecule has 0 aromatic heterocycles.